The molecule has 1 aliphatic rings. The number of hydrogen-bond acceptors (Lipinski definition) is 4. The Labute approximate surface area is 93.3 Å². The van der Waals surface area contributed by atoms with E-state index in [0.717, 1.165) is 17.9 Å². The van der Waals surface area contributed by atoms with Gasteiger partial charge in [-0.1, -0.05) is 0 Å². The van der Waals surface area contributed by atoms with Crippen LogP contribution in [0.3, 0.4) is 0 Å². The standard InChI is InChI=1S/C8H13N3O2S2/c1-11(7-2-3-14-6-7)15(12,13)8-4-9-10-5-8/h4-5,7H,2-3,6H2,1H3,(H,9,10). The van der Waals surface area contributed by atoms with Gasteiger partial charge < -0.3 is 0 Å². The van der Waals surface area contributed by atoms with Crippen LogP contribution in [-0.4, -0.2) is 47.5 Å². The number of aromatic nitrogens is 2. The van der Waals surface area contributed by atoms with Crippen LogP contribution in [0.1, 0.15) is 6.42 Å². The van der Waals surface area contributed by atoms with Crippen LogP contribution in [0.4, 0.5) is 0 Å². The van der Waals surface area contributed by atoms with Crippen molar-refractivity contribution in [3.8, 4) is 0 Å². The number of nitrogens with one attached hydrogen (secondary N) is 1. The summed E-state index contributed by atoms with van der Waals surface area (Å²) >= 11 is 1.79. The Bertz CT molecular complexity index is 409. The Hall–Kier alpha value is -0.530. The monoisotopic (exact) mass is 247 g/mol. The maximum absolute atomic E-state index is 12.0. The van der Waals surface area contributed by atoms with Crippen LogP contribution in [-0.2, 0) is 10.0 Å². The van der Waals surface area contributed by atoms with Crippen LogP contribution in [0.25, 0.3) is 0 Å². The number of aromatic amines is 1. The van der Waals surface area contributed by atoms with Crippen LogP contribution in [0, 0.1) is 0 Å². The fourth-order valence-corrected chi connectivity index (χ4v) is 4.21. The molecule has 1 aromatic rings. The molecule has 0 aliphatic carbocycles. The molecule has 1 N–H and O–H groups in total. The highest BCUT2D eigenvalue weighted by Gasteiger charge is 2.30. The first-order valence-corrected chi connectivity index (χ1v) is 7.26. The topological polar surface area (TPSA) is 66.1 Å². The van der Waals surface area contributed by atoms with Crippen molar-refractivity contribution in [2.75, 3.05) is 18.6 Å². The number of nitrogens with zero attached hydrogens (tertiary/aromatic N) is 2. The molecule has 1 aromatic heterocycles. The first kappa shape index (κ1) is 11.0. The summed E-state index contributed by atoms with van der Waals surface area (Å²) in [6, 6.07) is 0.120. The summed E-state index contributed by atoms with van der Waals surface area (Å²) in [4.78, 5) is 0.238. The molecule has 7 heteroatoms. The van der Waals surface area contributed by atoms with Crippen molar-refractivity contribution in [1.82, 2.24) is 14.5 Å². The second kappa shape index (κ2) is 4.15. The third-order valence-corrected chi connectivity index (χ3v) is 5.59. The highest BCUT2D eigenvalue weighted by molar-refractivity contribution is 7.99. The van der Waals surface area contributed by atoms with Crippen LogP contribution in [0.15, 0.2) is 17.3 Å². The molecule has 5 nitrogen and oxygen atoms in total. The summed E-state index contributed by atoms with van der Waals surface area (Å²) in [6.45, 7) is 0. The fraction of sp³-hybridized carbons (Fsp3) is 0.625. The van der Waals surface area contributed by atoms with E-state index < -0.39 is 10.0 Å². The van der Waals surface area contributed by atoms with Gasteiger partial charge in [0, 0.05) is 25.0 Å². The minimum absolute atomic E-state index is 0.120. The molecule has 2 rings (SSSR count). The average molecular weight is 247 g/mol. The summed E-state index contributed by atoms with van der Waals surface area (Å²) in [5, 5.41) is 6.18. The third-order valence-electron chi connectivity index (χ3n) is 2.57. The van der Waals surface area contributed by atoms with Crippen molar-refractivity contribution in [2.45, 2.75) is 17.4 Å². The van der Waals surface area contributed by atoms with E-state index in [2.05, 4.69) is 10.2 Å². The van der Waals surface area contributed by atoms with E-state index in [-0.39, 0.29) is 10.9 Å². The van der Waals surface area contributed by atoms with Gasteiger partial charge in [-0.15, -0.1) is 0 Å². The highest BCUT2D eigenvalue weighted by atomic mass is 32.2. The Balaban J connectivity index is 2.22. The molecule has 84 valence electrons. The predicted molar refractivity (Wildman–Crippen MR) is 59.3 cm³/mol. The van der Waals surface area contributed by atoms with Gasteiger partial charge in [0.2, 0.25) is 10.0 Å². The van der Waals surface area contributed by atoms with Gasteiger partial charge in [0.15, 0.2) is 0 Å². The maximum Gasteiger partial charge on any atom is 0.246 e. The van der Waals surface area contributed by atoms with Gasteiger partial charge in [-0.25, -0.2) is 8.42 Å². The molecule has 1 aliphatic heterocycles. The molecule has 0 aromatic carbocycles. The molecule has 1 atom stereocenters. The largest absolute Gasteiger partial charge is 0.284 e. The zero-order chi connectivity index (χ0) is 10.9. The number of sulfonamides is 1. The molecule has 2 heterocycles. The van der Waals surface area contributed by atoms with Crippen molar-refractivity contribution in [3.05, 3.63) is 12.4 Å². The van der Waals surface area contributed by atoms with E-state index in [9.17, 15) is 8.42 Å². The number of H-pyrrole nitrogens is 1. The van der Waals surface area contributed by atoms with E-state index in [1.54, 1.807) is 18.8 Å². The number of hydrogen-bond donors (Lipinski definition) is 1. The lowest BCUT2D eigenvalue weighted by Gasteiger charge is -2.22. The van der Waals surface area contributed by atoms with Crippen molar-refractivity contribution >= 4 is 21.8 Å². The predicted octanol–water partition coefficient (Wildman–Crippen LogP) is 0.536. The molecular formula is C8H13N3O2S2. The molecule has 0 amide bonds. The van der Waals surface area contributed by atoms with E-state index in [0.29, 0.717) is 0 Å². The lowest BCUT2D eigenvalue weighted by atomic mass is 10.3. The number of rotatable bonds is 3. The Morgan fingerprint density at radius 1 is 1.67 bits per heavy atom. The molecule has 1 fully saturated rings. The lowest BCUT2D eigenvalue weighted by molar-refractivity contribution is 0.394. The summed E-state index contributed by atoms with van der Waals surface area (Å²) in [7, 11) is -1.72. The van der Waals surface area contributed by atoms with Crippen molar-refractivity contribution in [3.63, 3.8) is 0 Å². The maximum atomic E-state index is 12.0. The highest BCUT2D eigenvalue weighted by Crippen LogP contribution is 2.25. The van der Waals surface area contributed by atoms with Crippen LogP contribution in [0.5, 0.6) is 0 Å². The SMILES string of the molecule is CN(C1CCSC1)S(=O)(=O)c1cn[nH]c1. The Morgan fingerprint density at radius 2 is 2.47 bits per heavy atom. The molecule has 1 unspecified atom stereocenters. The van der Waals surface area contributed by atoms with Crippen molar-refractivity contribution < 1.29 is 8.42 Å². The van der Waals surface area contributed by atoms with Gasteiger partial charge >= 0.3 is 0 Å². The van der Waals surface area contributed by atoms with Gasteiger partial charge in [-0.3, -0.25) is 5.10 Å². The molecule has 0 saturated carbocycles. The minimum Gasteiger partial charge on any atom is -0.284 e. The lowest BCUT2D eigenvalue weighted by Crippen LogP contribution is -2.36. The van der Waals surface area contributed by atoms with Crippen molar-refractivity contribution in [2.24, 2.45) is 0 Å². The summed E-state index contributed by atoms with van der Waals surface area (Å²) in [5.41, 5.74) is 0. The van der Waals surface area contributed by atoms with E-state index in [1.165, 1.54) is 16.7 Å². The average Bonchev–Trinajstić information content (AvgIpc) is 2.89. The molecule has 1 saturated heterocycles. The van der Waals surface area contributed by atoms with Gasteiger partial charge in [-0.05, 0) is 12.2 Å². The Kier molecular flexibility index (Phi) is 3.03. The first-order chi connectivity index (χ1) is 7.12. The Morgan fingerprint density at radius 3 is 3.00 bits per heavy atom. The molecule has 0 radical (unpaired) electrons. The smallest absolute Gasteiger partial charge is 0.246 e. The van der Waals surface area contributed by atoms with Crippen LogP contribution in [0.2, 0.25) is 0 Å². The van der Waals surface area contributed by atoms with Gasteiger partial charge in [0.1, 0.15) is 4.90 Å². The normalized spacial score (nSPS) is 22.4. The summed E-state index contributed by atoms with van der Waals surface area (Å²) in [5.74, 6) is 1.92. The second-order valence-electron chi connectivity index (χ2n) is 3.47. The van der Waals surface area contributed by atoms with Crippen LogP contribution < -0.4 is 0 Å². The van der Waals surface area contributed by atoms with E-state index >= 15 is 0 Å². The molecule has 15 heavy (non-hydrogen) atoms. The van der Waals surface area contributed by atoms with Gasteiger partial charge in [-0.2, -0.15) is 21.2 Å². The van der Waals surface area contributed by atoms with Gasteiger partial charge in [0.25, 0.3) is 0 Å². The molecule has 0 bridgehead atoms. The van der Waals surface area contributed by atoms with Crippen LogP contribution >= 0.6 is 11.8 Å². The number of thioether (sulfide) groups is 1. The molecule has 0 spiro atoms. The minimum atomic E-state index is -3.35. The second-order valence-corrected chi connectivity index (χ2v) is 6.62. The third kappa shape index (κ3) is 2.04. The quantitative estimate of drug-likeness (QED) is 0.846. The summed E-state index contributed by atoms with van der Waals surface area (Å²) in [6.07, 6.45) is 3.68. The molecular weight excluding hydrogens is 234 g/mol. The van der Waals surface area contributed by atoms with Gasteiger partial charge in [0.05, 0.1) is 6.20 Å². The zero-order valence-corrected chi connectivity index (χ0v) is 10.0. The summed E-state index contributed by atoms with van der Waals surface area (Å²) < 4.78 is 25.5. The first-order valence-electron chi connectivity index (χ1n) is 4.67. The van der Waals surface area contributed by atoms with Crippen molar-refractivity contribution in [1.29, 1.82) is 0 Å². The van der Waals surface area contributed by atoms with E-state index in [1.807, 2.05) is 0 Å². The zero-order valence-electron chi connectivity index (χ0n) is 8.38. The fourth-order valence-electron chi connectivity index (χ4n) is 1.55. The van der Waals surface area contributed by atoms with E-state index in [4.69, 9.17) is 0 Å².